The normalized spacial score (nSPS) is 10.1. The van der Waals surface area contributed by atoms with Gasteiger partial charge >= 0.3 is 0 Å². The molecule has 0 unspecified atom stereocenters. The van der Waals surface area contributed by atoms with Gasteiger partial charge in [0.2, 0.25) is 5.91 Å². The molecule has 114 valence electrons. The molecule has 6 heteroatoms. The van der Waals surface area contributed by atoms with Crippen LogP contribution in [0.5, 0.6) is 5.75 Å². The fraction of sp³-hybridized carbons (Fsp3) is 0.188. The molecule has 0 radical (unpaired) electrons. The van der Waals surface area contributed by atoms with E-state index in [1.165, 1.54) is 19.1 Å². The molecule has 1 amide bonds. The van der Waals surface area contributed by atoms with Crippen LogP contribution >= 0.6 is 0 Å². The van der Waals surface area contributed by atoms with E-state index < -0.39 is 4.92 Å². The summed E-state index contributed by atoms with van der Waals surface area (Å²) < 4.78 is 5.70. The molecule has 0 saturated heterocycles. The van der Waals surface area contributed by atoms with Gasteiger partial charge in [-0.15, -0.1) is 0 Å². The van der Waals surface area contributed by atoms with Gasteiger partial charge in [0, 0.05) is 19.1 Å². The summed E-state index contributed by atoms with van der Waals surface area (Å²) in [5.74, 6) is 0.339. The third kappa shape index (κ3) is 4.05. The van der Waals surface area contributed by atoms with Crippen molar-refractivity contribution in [1.29, 1.82) is 0 Å². The summed E-state index contributed by atoms with van der Waals surface area (Å²) in [6, 6.07) is 11.7. The maximum absolute atomic E-state index is 11.2. The van der Waals surface area contributed by atoms with E-state index in [9.17, 15) is 14.9 Å². The number of non-ortho nitro benzene ring substituents is 1. The molecule has 22 heavy (non-hydrogen) atoms. The molecule has 0 bridgehead atoms. The Labute approximate surface area is 127 Å². The van der Waals surface area contributed by atoms with E-state index in [1.807, 2.05) is 19.1 Å². The van der Waals surface area contributed by atoms with Crippen molar-refractivity contribution in [3.05, 3.63) is 63.7 Å². The lowest BCUT2D eigenvalue weighted by Gasteiger charge is -2.12. The molecule has 0 atom stereocenters. The van der Waals surface area contributed by atoms with Crippen molar-refractivity contribution in [3.8, 4) is 5.75 Å². The van der Waals surface area contributed by atoms with Crippen molar-refractivity contribution in [1.82, 2.24) is 0 Å². The Hall–Kier alpha value is -2.89. The van der Waals surface area contributed by atoms with E-state index >= 15 is 0 Å². The van der Waals surface area contributed by atoms with E-state index in [0.717, 1.165) is 5.56 Å². The van der Waals surface area contributed by atoms with Crippen LogP contribution in [0.4, 0.5) is 11.4 Å². The molecule has 0 aromatic heterocycles. The van der Waals surface area contributed by atoms with Crippen LogP contribution in [0.3, 0.4) is 0 Å². The minimum absolute atomic E-state index is 0.0208. The summed E-state index contributed by atoms with van der Waals surface area (Å²) in [7, 11) is 0. The van der Waals surface area contributed by atoms with Gasteiger partial charge in [0.25, 0.3) is 5.69 Å². The SMILES string of the molecule is CC(=O)Nc1ccc(C)cc1OCc1cccc([N+](=O)[O-])c1. The molecule has 0 heterocycles. The number of hydrogen-bond acceptors (Lipinski definition) is 4. The number of amides is 1. The van der Waals surface area contributed by atoms with Gasteiger partial charge in [-0.05, 0) is 30.2 Å². The predicted molar refractivity (Wildman–Crippen MR) is 82.9 cm³/mol. The van der Waals surface area contributed by atoms with Gasteiger partial charge in [0.05, 0.1) is 10.6 Å². The minimum Gasteiger partial charge on any atom is -0.487 e. The highest BCUT2D eigenvalue weighted by atomic mass is 16.6. The van der Waals surface area contributed by atoms with E-state index in [2.05, 4.69) is 5.32 Å². The molecule has 0 spiro atoms. The van der Waals surface area contributed by atoms with Gasteiger partial charge in [-0.2, -0.15) is 0 Å². The van der Waals surface area contributed by atoms with Crippen molar-refractivity contribution in [2.24, 2.45) is 0 Å². The van der Waals surface area contributed by atoms with Gasteiger partial charge in [0.1, 0.15) is 12.4 Å². The number of ether oxygens (including phenoxy) is 1. The maximum atomic E-state index is 11.2. The van der Waals surface area contributed by atoms with Gasteiger partial charge in [-0.3, -0.25) is 14.9 Å². The first-order valence-electron chi connectivity index (χ1n) is 6.70. The molecule has 2 rings (SSSR count). The van der Waals surface area contributed by atoms with Crippen molar-refractivity contribution >= 4 is 17.3 Å². The highest BCUT2D eigenvalue weighted by Gasteiger charge is 2.09. The predicted octanol–water partition coefficient (Wildman–Crippen LogP) is 3.44. The topological polar surface area (TPSA) is 81.5 Å². The van der Waals surface area contributed by atoms with Crippen LogP contribution in [-0.2, 0) is 11.4 Å². The van der Waals surface area contributed by atoms with Gasteiger partial charge in [-0.25, -0.2) is 0 Å². The largest absolute Gasteiger partial charge is 0.487 e. The number of nitrogens with zero attached hydrogens (tertiary/aromatic N) is 1. The van der Waals surface area contributed by atoms with Gasteiger partial charge < -0.3 is 10.1 Å². The summed E-state index contributed by atoms with van der Waals surface area (Å²) in [4.78, 5) is 21.5. The van der Waals surface area contributed by atoms with Crippen molar-refractivity contribution in [2.45, 2.75) is 20.5 Å². The average Bonchev–Trinajstić information content (AvgIpc) is 2.47. The molecular weight excluding hydrogens is 284 g/mol. The summed E-state index contributed by atoms with van der Waals surface area (Å²) in [6.45, 7) is 3.51. The standard InChI is InChI=1S/C16H16N2O4/c1-11-6-7-15(17-12(2)19)16(8-11)22-10-13-4-3-5-14(9-13)18(20)21/h3-9H,10H2,1-2H3,(H,17,19). The van der Waals surface area contributed by atoms with Crippen LogP contribution in [-0.4, -0.2) is 10.8 Å². The van der Waals surface area contributed by atoms with Crippen LogP contribution in [0.15, 0.2) is 42.5 Å². The number of hydrogen-bond donors (Lipinski definition) is 1. The van der Waals surface area contributed by atoms with Gasteiger partial charge in [0.15, 0.2) is 0 Å². The van der Waals surface area contributed by atoms with E-state index in [4.69, 9.17) is 4.74 Å². The van der Waals surface area contributed by atoms with Crippen LogP contribution in [0.1, 0.15) is 18.1 Å². The monoisotopic (exact) mass is 300 g/mol. The number of nitro groups is 1. The van der Waals surface area contributed by atoms with E-state index in [-0.39, 0.29) is 18.2 Å². The summed E-state index contributed by atoms with van der Waals surface area (Å²) >= 11 is 0. The lowest BCUT2D eigenvalue weighted by Crippen LogP contribution is -2.08. The summed E-state index contributed by atoms with van der Waals surface area (Å²) in [6.07, 6.45) is 0. The number of rotatable bonds is 5. The number of anilines is 1. The van der Waals surface area contributed by atoms with Crippen LogP contribution in [0, 0.1) is 17.0 Å². The lowest BCUT2D eigenvalue weighted by atomic mass is 10.2. The molecule has 0 aliphatic heterocycles. The highest BCUT2D eigenvalue weighted by molar-refractivity contribution is 5.90. The first-order valence-corrected chi connectivity index (χ1v) is 6.70. The molecule has 6 nitrogen and oxygen atoms in total. The fourth-order valence-corrected chi connectivity index (χ4v) is 1.96. The minimum atomic E-state index is -0.446. The Kier molecular flexibility index (Phi) is 4.73. The average molecular weight is 300 g/mol. The number of nitro benzene ring substituents is 1. The van der Waals surface area contributed by atoms with E-state index in [1.54, 1.807) is 18.2 Å². The van der Waals surface area contributed by atoms with E-state index in [0.29, 0.717) is 17.0 Å². The van der Waals surface area contributed by atoms with Gasteiger partial charge in [-0.1, -0.05) is 18.2 Å². The Morgan fingerprint density at radius 1 is 1.27 bits per heavy atom. The number of nitrogens with one attached hydrogen (secondary N) is 1. The zero-order valence-electron chi connectivity index (χ0n) is 12.3. The Bertz CT molecular complexity index is 713. The molecule has 0 aliphatic carbocycles. The fourth-order valence-electron chi connectivity index (χ4n) is 1.96. The Balaban J connectivity index is 2.17. The van der Waals surface area contributed by atoms with Crippen LogP contribution < -0.4 is 10.1 Å². The number of benzene rings is 2. The molecule has 2 aromatic carbocycles. The highest BCUT2D eigenvalue weighted by Crippen LogP contribution is 2.27. The zero-order valence-corrected chi connectivity index (χ0v) is 12.3. The first kappa shape index (κ1) is 15.5. The number of carbonyl (C=O) groups excluding carboxylic acids is 1. The smallest absolute Gasteiger partial charge is 0.269 e. The molecule has 1 N–H and O–H groups in total. The zero-order chi connectivity index (χ0) is 16.1. The third-order valence-electron chi connectivity index (χ3n) is 2.96. The Morgan fingerprint density at radius 3 is 2.73 bits per heavy atom. The van der Waals surface area contributed by atoms with Crippen LogP contribution in [0.2, 0.25) is 0 Å². The van der Waals surface area contributed by atoms with Crippen LogP contribution in [0.25, 0.3) is 0 Å². The quantitative estimate of drug-likeness (QED) is 0.677. The number of aryl methyl sites for hydroxylation is 1. The second-order valence-electron chi connectivity index (χ2n) is 4.90. The first-order chi connectivity index (χ1) is 10.5. The molecule has 0 saturated carbocycles. The molecule has 0 aliphatic rings. The number of carbonyl (C=O) groups is 1. The summed E-state index contributed by atoms with van der Waals surface area (Å²) in [5, 5.41) is 13.5. The second kappa shape index (κ2) is 6.71. The summed E-state index contributed by atoms with van der Waals surface area (Å²) in [5.41, 5.74) is 2.27. The molecular formula is C16H16N2O4. The maximum Gasteiger partial charge on any atom is 0.269 e. The Morgan fingerprint density at radius 2 is 2.05 bits per heavy atom. The second-order valence-corrected chi connectivity index (χ2v) is 4.90. The molecule has 2 aromatic rings. The van der Waals surface area contributed by atoms with Crippen molar-refractivity contribution in [2.75, 3.05) is 5.32 Å². The lowest BCUT2D eigenvalue weighted by molar-refractivity contribution is -0.384. The van der Waals surface area contributed by atoms with Crippen molar-refractivity contribution < 1.29 is 14.5 Å². The van der Waals surface area contributed by atoms with Crippen molar-refractivity contribution in [3.63, 3.8) is 0 Å². The third-order valence-corrected chi connectivity index (χ3v) is 2.96. The molecule has 0 fully saturated rings.